The Morgan fingerprint density at radius 3 is 2.81 bits per heavy atom. The molecule has 1 amide bonds. The zero-order valence-electron chi connectivity index (χ0n) is 14.3. The van der Waals surface area contributed by atoms with Gasteiger partial charge in [0.05, 0.1) is 6.61 Å². The van der Waals surface area contributed by atoms with Crippen LogP contribution in [0.4, 0.5) is 0 Å². The normalized spacial score (nSPS) is 10.8. The molecule has 136 valence electrons. The van der Waals surface area contributed by atoms with E-state index in [1.54, 1.807) is 17.4 Å². The number of para-hydroxylation sites is 1. The first kappa shape index (κ1) is 18.2. The van der Waals surface area contributed by atoms with Crippen LogP contribution in [0.2, 0.25) is 0 Å². The molecular weight excluding hydrogens is 354 g/mol. The molecule has 7 heteroatoms. The van der Waals surface area contributed by atoms with Gasteiger partial charge in [0.25, 0.3) is 5.91 Å². The summed E-state index contributed by atoms with van der Waals surface area (Å²) in [6, 6.07) is 11.3. The summed E-state index contributed by atoms with van der Waals surface area (Å²) >= 11 is 1.64. The number of furan rings is 1. The summed E-state index contributed by atoms with van der Waals surface area (Å²) in [4.78, 5) is 25.4. The molecule has 0 saturated heterocycles. The Bertz CT molecular complexity index is 885. The predicted molar refractivity (Wildman–Crippen MR) is 98.2 cm³/mol. The van der Waals surface area contributed by atoms with Crippen molar-refractivity contribution in [3.63, 3.8) is 0 Å². The van der Waals surface area contributed by atoms with Gasteiger partial charge in [0.2, 0.25) is 5.76 Å². The number of methoxy groups -OCH3 is 1. The van der Waals surface area contributed by atoms with Crippen LogP contribution in [0.15, 0.2) is 46.2 Å². The standard InChI is InChI=1S/C19H19NO5S/c1-23-11-15-14-6-2-3-7-16(14)25-18(15)19(22)24-12-17(21)20-9-8-13-5-4-10-26-13/h2-7,10H,8-9,11-12H2,1H3,(H,20,21). The predicted octanol–water partition coefficient (Wildman–Crippen LogP) is 3.16. The van der Waals surface area contributed by atoms with Crippen LogP contribution < -0.4 is 5.32 Å². The van der Waals surface area contributed by atoms with E-state index in [-0.39, 0.29) is 24.9 Å². The quantitative estimate of drug-likeness (QED) is 0.614. The number of fused-ring (bicyclic) bond motifs is 1. The largest absolute Gasteiger partial charge is 0.450 e. The summed E-state index contributed by atoms with van der Waals surface area (Å²) < 4.78 is 15.8. The first-order chi connectivity index (χ1) is 12.7. The highest BCUT2D eigenvalue weighted by molar-refractivity contribution is 7.09. The zero-order chi connectivity index (χ0) is 18.4. The van der Waals surface area contributed by atoms with Crippen molar-refractivity contribution in [1.82, 2.24) is 5.32 Å². The second-order valence-electron chi connectivity index (χ2n) is 5.59. The van der Waals surface area contributed by atoms with E-state index in [2.05, 4.69) is 5.32 Å². The van der Waals surface area contributed by atoms with Gasteiger partial charge in [-0.25, -0.2) is 4.79 Å². The van der Waals surface area contributed by atoms with Gasteiger partial charge in [0.15, 0.2) is 6.61 Å². The molecule has 2 aromatic heterocycles. The molecule has 0 atom stereocenters. The SMILES string of the molecule is COCc1c(C(=O)OCC(=O)NCCc2cccs2)oc2ccccc12. The third-order valence-electron chi connectivity index (χ3n) is 3.78. The minimum Gasteiger partial charge on any atom is -0.450 e. The summed E-state index contributed by atoms with van der Waals surface area (Å²) in [7, 11) is 1.54. The van der Waals surface area contributed by atoms with Crippen molar-refractivity contribution in [3.8, 4) is 0 Å². The molecular formula is C19H19NO5S. The van der Waals surface area contributed by atoms with Crippen LogP contribution in [-0.2, 0) is 27.3 Å². The van der Waals surface area contributed by atoms with Gasteiger partial charge in [-0.2, -0.15) is 0 Å². The minimum absolute atomic E-state index is 0.0689. The molecule has 0 saturated carbocycles. The lowest BCUT2D eigenvalue weighted by Crippen LogP contribution is -2.30. The first-order valence-corrected chi connectivity index (χ1v) is 9.02. The van der Waals surface area contributed by atoms with E-state index in [9.17, 15) is 9.59 Å². The molecule has 0 spiro atoms. The van der Waals surface area contributed by atoms with E-state index in [4.69, 9.17) is 13.9 Å². The van der Waals surface area contributed by atoms with Crippen molar-refractivity contribution < 1.29 is 23.5 Å². The topological polar surface area (TPSA) is 77.8 Å². The van der Waals surface area contributed by atoms with Crippen LogP contribution >= 0.6 is 11.3 Å². The maximum atomic E-state index is 12.3. The fourth-order valence-electron chi connectivity index (χ4n) is 2.58. The van der Waals surface area contributed by atoms with Gasteiger partial charge in [-0.1, -0.05) is 24.3 Å². The number of benzene rings is 1. The number of esters is 1. The van der Waals surface area contributed by atoms with Crippen molar-refractivity contribution >= 4 is 34.2 Å². The van der Waals surface area contributed by atoms with Crippen molar-refractivity contribution in [1.29, 1.82) is 0 Å². The molecule has 3 aromatic rings. The number of nitrogens with one attached hydrogen (secondary N) is 1. The minimum atomic E-state index is -0.679. The maximum Gasteiger partial charge on any atom is 0.375 e. The van der Waals surface area contributed by atoms with Gasteiger partial charge in [0.1, 0.15) is 5.58 Å². The lowest BCUT2D eigenvalue weighted by Gasteiger charge is -2.06. The van der Waals surface area contributed by atoms with Crippen molar-refractivity contribution in [2.24, 2.45) is 0 Å². The Hall–Kier alpha value is -2.64. The van der Waals surface area contributed by atoms with Gasteiger partial charge >= 0.3 is 5.97 Å². The Kier molecular flexibility index (Phi) is 6.04. The third-order valence-corrected chi connectivity index (χ3v) is 4.72. The third kappa shape index (κ3) is 4.30. The summed E-state index contributed by atoms with van der Waals surface area (Å²) in [5.41, 5.74) is 1.19. The zero-order valence-corrected chi connectivity index (χ0v) is 15.1. The smallest absolute Gasteiger partial charge is 0.375 e. The van der Waals surface area contributed by atoms with Crippen LogP contribution in [0.25, 0.3) is 11.0 Å². The van der Waals surface area contributed by atoms with Gasteiger partial charge in [-0.15, -0.1) is 11.3 Å². The molecule has 0 radical (unpaired) electrons. The molecule has 1 aromatic carbocycles. The number of rotatable bonds is 8. The van der Waals surface area contributed by atoms with E-state index in [0.29, 0.717) is 17.7 Å². The van der Waals surface area contributed by atoms with Crippen LogP contribution in [0, 0.1) is 0 Å². The van der Waals surface area contributed by atoms with Gasteiger partial charge in [-0.05, 0) is 23.9 Å². The average Bonchev–Trinajstić information content (AvgIpc) is 3.28. The van der Waals surface area contributed by atoms with Crippen LogP contribution in [-0.4, -0.2) is 32.1 Å². The highest BCUT2D eigenvalue weighted by atomic mass is 32.1. The Morgan fingerprint density at radius 1 is 1.19 bits per heavy atom. The average molecular weight is 373 g/mol. The number of hydrogen-bond donors (Lipinski definition) is 1. The van der Waals surface area contributed by atoms with Crippen LogP contribution in [0.1, 0.15) is 21.0 Å². The Labute approximate surface area is 154 Å². The number of carbonyl (C=O) groups is 2. The number of thiophene rings is 1. The molecule has 0 unspecified atom stereocenters. The molecule has 1 N–H and O–H groups in total. The second kappa shape index (κ2) is 8.64. The highest BCUT2D eigenvalue weighted by Gasteiger charge is 2.22. The maximum absolute atomic E-state index is 12.3. The molecule has 0 aliphatic heterocycles. The van der Waals surface area contributed by atoms with E-state index in [1.807, 2.05) is 35.7 Å². The molecule has 0 fully saturated rings. The molecule has 3 rings (SSSR count). The Morgan fingerprint density at radius 2 is 2.04 bits per heavy atom. The summed E-state index contributed by atoms with van der Waals surface area (Å²) in [6.07, 6.45) is 0.749. The van der Waals surface area contributed by atoms with Gasteiger partial charge in [-0.3, -0.25) is 4.79 Å². The highest BCUT2D eigenvalue weighted by Crippen LogP contribution is 2.27. The molecule has 0 aliphatic carbocycles. The fourth-order valence-corrected chi connectivity index (χ4v) is 3.29. The number of ether oxygens (including phenoxy) is 2. The van der Waals surface area contributed by atoms with Crippen molar-refractivity contribution in [2.75, 3.05) is 20.3 Å². The lowest BCUT2D eigenvalue weighted by molar-refractivity contribution is -0.124. The monoisotopic (exact) mass is 373 g/mol. The van der Waals surface area contributed by atoms with Crippen LogP contribution in [0.5, 0.6) is 0 Å². The summed E-state index contributed by atoms with van der Waals surface area (Å²) in [6.45, 7) is 0.359. The van der Waals surface area contributed by atoms with E-state index in [1.165, 1.54) is 12.0 Å². The lowest BCUT2D eigenvalue weighted by atomic mass is 10.1. The van der Waals surface area contributed by atoms with Crippen LogP contribution in [0.3, 0.4) is 0 Å². The number of amides is 1. The molecule has 0 bridgehead atoms. The second-order valence-corrected chi connectivity index (χ2v) is 6.63. The summed E-state index contributed by atoms with van der Waals surface area (Å²) in [5.74, 6) is -0.958. The molecule has 6 nitrogen and oxygen atoms in total. The van der Waals surface area contributed by atoms with Crippen molar-refractivity contribution in [3.05, 3.63) is 58.0 Å². The van der Waals surface area contributed by atoms with E-state index >= 15 is 0 Å². The van der Waals surface area contributed by atoms with Crippen molar-refractivity contribution in [2.45, 2.75) is 13.0 Å². The Balaban J connectivity index is 1.56. The molecule has 26 heavy (non-hydrogen) atoms. The van der Waals surface area contributed by atoms with E-state index < -0.39 is 5.97 Å². The first-order valence-electron chi connectivity index (χ1n) is 8.14. The molecule has 0 aliphatic rings. The molecule has 2 heterocycles. The summed E-state index contributed by atoms with van der Waals surface area (Å²) in [5, 5.41) is 5.51. The van der Waals surface area contributed by atoms with Gasteiger partial charge in [0, 0.05) is 29.5 Å². The number of hydrogen-bond acceptors (Lipinski definition) is 6. The van der Waals surface area contributed by atoms with Gasteiger partial charge < -0.3 is 19.2 Å². The number of carbonyl (C=O) groups excluding carboxylic acids is 2. The van der Waals surface area contributed by atoms with E-state index in [0.717, 1.165) is 11.8 Å². The fraction of sp³-hybridized carbons (Fsp3) is 0.263.